The molecule has 0 N–H and O–H groups in total. The Morgan fingerprint density at radius 2 is 1.11 bits per heavy atom. The second kappa shape index (κ2) is 5.03. The van der Waals surface area contributed by atoms with Gasteiger partial charge in [-0.3, -0.25) is 0 Å². The lowest BCUT2D eigenvalue weighted by atomic mass is 9.99. The average molecular weight is 268 g/mol. The molecule has 2 aromatic rings. The van der Waals surface area contributed by atoms with Crippen LogP contribution < -0.4 is 0 Å². The molecule has 0 unspecified atom stereocenters. The Morgan fingerprint density at radius 1 is 0.737 bits per heavy atom. The molecule has 0 aliphatic carbocycles. The highest BCUT2D eigenvalue weighted by Crippen LogP contribution is 2.32. The van der Waals surface area contributed by atoms with Crippen LogP contribution in [0.3, 0.4) is 0 Å². The maximum absolute atomic E-state index is 13.9. The van der Waals surface area contributed by atoms with Gasteiger partial charge in [0.25, 0.3) is 0 Å². The minimum Gasteiger partial charge on any atom is -0.206 e. The molecule has 0 saturated heterocycles. The van der Waals surface area contributed by atoms with Crippen LogP contribution in [-0.2, 0) is 6.42 Å². The Labute approximate surface area is 108 Å². The maximum atomic E-state index is 13.9. The van der Waals surface area contributed by atoms with E-state index in [9.17, 15) is 17.6 Å². The highest BCUT2D eigenvalue weighted by atomic mass is 19.1. The quantitative estimate of drug-likeness (QED) is 0.687. The zero-order valence-electron chi connectivity index (χ0n) is 10.5. The van der Waals surface area contributed by atoms with E-state index < -0.39 is 34.4 Å². The van der Waals surface area contributed by atoms with Gasteiger partial charge in [0.15, 0.2) is 0 Å². The third-order valence-corrected chi connectivity index (χ3v) is 2.95. The van der Waals surface area contributed by atoms with Crippen LogP contribution in [0.5, 0.6) is 0 Å². The molecule has 2 aromatic carbocycles. The van der Waals surface area contributed by atoms with Crippen molar-refractivity contribution >= 4 is 0 Å². The first-order valence-corrected chi connectivity index (χ1v) is 5.88. The fourth-order valence-corrected chi connectivity index (χ4v) is 2.01. The molecule has 100 valence electrons. The Hall–Kier alpha value is -1.84. The summed E-state index contributed by atoms with van der Waals surface area (Å²) < 4.78 is 55.3. The van der Waals surface area contributed by atoms with Gasteiger partial charge in [0.1, 0.15) is 23.3 Å². The fraction of sp³-hybridized carbons (Fsp3) is 0.200. The lowest BCUT2D eigenvalue weighted by Crippen LogP contribution is -1.99. The van der Waals surface area contributed by atoms with Crippen molar-refractivity contribution in [2.24, 2.45) is 0 Å². The number of rotatable bonds is 2. The van der Waals surface area contributed by atoms with Crippen LogP contribution in [0.2, 0.25) is 0 Å². The van der Waals surface area contributed by atoms with Crippen LogP contribution >= 0.6 is 0 Å². The number of aryl methyl sites for hydroxylation is 2. The van der Waals surface area contributed by atoms with Gasteiger partial charge in [-0.1, -0.05) is 6.92 Å². The predicted octanol–water partition coefficient (Wildman–Crippen LogP) is 4.78. The monoisotopic (exact) mass is 268 g/mol. The van der Waals surface area contributed by atoms with Crippen LogP contribution in [-0.4, -0.2) is 0 Å². The van der Waals surface area contributed by atoms with Gasteiger partial charge in [-0.05, 0) is 48.7 Å². The van der Waals surface area contributed by atoms with Crippen molar-refractivity contribution in [2.75, 3.05) is 0 Å². The summed E-state index contributed by atoms with van der Waals surface area (Å²) in [4.78, 5) is 0. The molecule has 0 aliphatic rings. The third kappa shape index (κ3) is 2.48. The Morgan fingerprint density at radius 3 is 1.47 bits per heavy atom. The fourth-order valence-electron chi connectivity index (χ4n) is 2.01. The van der Waals surface area contributed by atoms with Gasteiger partial charge >= 0.3 is 0 Å². The van der Waals surface area contributed by atoms with E-state index in [2.05, 4.69) is 0 Å². The third-order valence-electron chi connectivity index (χ3n) is 2.95. The van der Waals surface area contributed by atoms with E-state index in [-0.39, 0.29) is 0 Å². The molecule has 0 saturated carbocycles. The van der Waals surface area contributed by atoms with E-state index in [1.54, 1.807) is 6.92 Å². The smallest absolute Gasteiger partial charge is 0.134 e. The molecule has 4 heteroatoms. The summed E-state index contributed by atoms with van der Waals surface area (Å²) in [5, 5.41) is 0. The molecule has 0 atom stereocenters. The SMILES string of the molecule is CCc1cc(F)c(-c2c(F)cc(C)cc2F)c(F)c1. The first kappa shape index (κ1) is 13.6. The molecule has 0 bridgehead atoms. The summed E-state index contributed by atoms with van der Waals surface area (Å²) in [6, 6.07) is 4.28. The van der Waals surface area contributed by atoms with Crippen LogP contribution in [0.1, 0.15) is 18.1 Å². The van der Waals surface area contributed by atoms with E-state index in [4.69, 9.17) is 0 Å². The summed E-state index contributed by atoms with van der Waals surface area (Å²) in [6.07, 6.45) is 0.437. The van der Waals surface area contributed by atoms with E-state index in [1.807, 2.05) is 0 Å². The van der Waals surface area contributed by atoms with Gasteiger partial charge in [-0.25, -0.2) is 17.6 Å². The number of hydrogen-bond acceptors (Lipinski definition) is 0. The van der Waals surface area contributed by atoms with Crippen molar-refractivity contribution in [3.8, 4) is 11.1 Å². The lowest BCUT2D eigenvalue weighted by molar-refractivity contribution is 0.561. The molecule has 0 heterocycles. The first-order chi connectivity index (χ1) is 8.93. The lowest BCUT2D eigenvalue weighted by Gasteiger charge is -2.10. The largest absolute Gasteiger partial charge is 0.206 e. The molecule has 0 fully saturated rings. The molecule has 19 heavy (non-hydrogen) atoms. The predicted molar refractivity (Wildman–Crippen MR) is 65.8 cm³/mol. The van der Waals surface area contributed by atoms with Gasteiger partial charge in [0.05, 0.1) is 11.1 Å². The van der Waals surface area contributed by atoms with Gasteiger partial charge in [0.2, 0.25) is 0 Å². The first-order valence-electron chi connectivity index (χ1n) is 5.88. The molecule has 0 radical (unpaired) electrons. The second-order valence-corrected chi connectivity index (χ2v) is 4.39. The zero-order valence-corrected chi connectivity index (χ0v) is 10.5. The minimum absolute atomic E-state index is 0.352. The summed E-state index contributed by atoms with van der Waals surface area (Å²) >= 11 is 0. The van der Waals surface area contributed by atoms with Gasteiger partial charge in [-0.15, -0.1) is 0 Å². The standard InChI is InChI=1S/C15H12F4/c1-3-9-6-12(18)15(13(19)7-9)14-10(16)4-8(2)5-11(14)17/h4-7H,3H2,1-2H3. The maximum Gasteiger partial charge on any atom is 0.134 e. The topological polar surface area (TPSA) is 0 Å². The van der Waals surface area contributed by atoms with Crippen LogP contribution in [0.15, 0.2) is 24.3 Å². The number of hydrogen-bond donors (Lipinski definition) is 0. The van der Waals surface area contributed by atoms with E-state index in [1.165, 1.54) is 6.92 Å². The Bertz CT molecular complexity index is 586. The van der Waals surface area contributed by atoms with Crippen molar-refractivity contribution in [1.82, 2.24) is 0 Å². The molecule has 0 amide bonds. The molecule has 0 aliphatic heterocycles. The van der Waals surface area contributed by atoms with Gasteiger partial charge in [-0.2, -0.15) is 0 Å². The molecule has 0 aromatic heterocycles. The number of benzene rings is 2. The summed E-state index contributed by atoms with van der Waals surface area (Å²) in [5.74, 6) is -3.86. The molecular weight excluding hydrogens is 256 g/mol. The van der Waals surface area contributed by atoms with Crippen LogP contribution in [0.4, 0.5) is 17.6 Å². The summed E-state index contributed by atoms with van der Waals surface area (Å²) in [7, 11) is 0. The van der Waals surface area contributed by atoms with E-state index in [0.29, 0.717) is 17.5 Å². The van der Waals surface area contributed by atoms with Crippen molar-refractivity contribution in [1.29, 1.82) is 0 Å². The second-order valence-electron chi connectivity index (χ2n) is 4.39. The Kier molecular flexibility index (Phi) is 3.60. The van der Waals surface area contributed by atoms with Crippen LogP contribution in [0, 0.1) is 30.2 Å². The Balaban J connectivity index is 2.73. The van der Waals surface area contributed by atoms with Gasteiger partial charge in [0, 0.05) is 0 Å². The van der Waals surface area contributed by atoms with Crippen molar-refractivity contribution in [3.05, 3.63) is 58.7 Å². The van der Waals surface area contributed by atoms with Crippen molar-refractivity contribution < 1.29 is 17.6 Å². The zero-order chi connectivity index (χ0) is 14.2. The molecule has 0 nitrogen and oxygen atoms in total. The summed E-state index contributed by atoms with van der Waals surface area (Å²) in [6.45, 7) is 3.24. The average Bonchev–Trinajstić information content (AvgIpc) is 2.31. The van der Waals surface area contributed by atoms with Crippen LogP contribution in [0.25, 0.3) is 11.1 Å². The molecule has 0 spiro atoms. The van der Waals surface area contributed by atoms with E-state index >= 15 is 0 Å². The van der Waals surface area contributed by atoms with Crippen molar-refractivity contribution in [2.45, 2.75) is 20.3 Å². The minimum atomic E-state index is -0.973. The molecular formula is C15H12F4. The normalized spacial score (nSPS) is 10.8. The summed E-state index contributed by atoms with van der Waals surface area (Å²) in [5.41, 5.74) is -0.535. The highest BCUT2D eigenvalue weighted by molar-refractivity contribution is 5.67. The van der Waals surface area contributed by atoms with Crippen molar-refractivity contribution in [3.63, 3.8) is 0 Å². The van der Waals surface area contributed by atoms with E-state index in [0.717, 1.165) is 24.3 Å². The number of halogens is 4. The highest BCUT2D eigenvalue weighted by Gasteiger charge is 2.20. The van der Waals surface area contributed by atoms with Gasteiger partial charge < -0.3 is 0 Å². The molecule has 2 rings (SSSR count).